The summed E-state index contributed by atoms with van der Waals surface area (Å²) in [6.07, 6.45) is 14.3. The van der Waals surface area contributed by atoms with E-state index in [2.05, 4.69) is 150 Å². The minimum atomic E-state index is 0.989. The van der Waals surface area contributed by atoms with Gasteiger partial charge < -0.3 is 10.2 Å². The van der Waals surface area contributed by atoms with Gasteiger partial charge in [-0.25, -0.2) is 0 Å². The van der Waals surface area contributed by atoms with E-state index < -0.39 is 0 Å². The van der Waals surface area contributed by atoms with Gasteiger partial charge in [0.15, 0.2) is 0 Å². The monoisotopic (exact) mass is 570 g/mol. The van der Waals surface area contributed by atoms with Crippen LogP contribution in [0.4, 0.5) is 17.1 Å². The molecule has 6 aromatic rings. The van der Waals surface area contributed by atoms with Crippen LogP contribution in [-0.4, -0.2) is 0 Å². The standard InChI is InChI=1S/C40H32N2.C2H6/c1(6-14-30-15-7-3-8-16-30)2-13-29-41-37-27-23-31-22-26-36-38(28-24-32-21-25-35(37)39(31)40(32)36)42(33-17-9-4-10-18-33)34-19-11-5-12-20-34;1-2/h1-23,25-27,29,41H,24,28H2;1-2H3/b2-1-,14-6-,29-13+;. The molecule has 0 bridgehead atoms. The zero-order chi connectivity index (χ0) is 30.1. The van der Waals surface area contributed by atoms with Gasteiger partial charge in [-0.3, -0.25) is 0 Å². The van der Waals surface area contributed by atoms with E-state index in [-0.39, 0.29) is 0 Å². The van der Waals surface area contributed by atoms with Crippen molar-refractivity contribution in [3.05, 3.63) is 174 Å². The predicted molar refractivity (Wildman–Crippen MR) is 192 cm³/mol. The lowest BCUT2D eigenvalue weighted by Crippen LogP contribution is -2.26. The van der Waals surface area contributed by atoms with Crippen molar-refractivity contribution in [3.63, 3.8) is 0 Å². The Morgan fingerprint density at radius 2 is 1.20 bits per heavy atom. The van der Waals surface area contributed by atoms with Gasteiger partial charge in [0.2, 0.25) is 0 Å². The lowest BCUT2D eigenvalue weighted by atomic mass is 9.87. The molecule has 0 fully saturated rings. The molecule has 0 saturated heterocycles. The van der Waals surface area contributed by atoms with Gasteiger partial charge in [0.05, 0.1) is 0 Å². The maximum absolute atomic E-state index is 3.55. The van der Waals surface area contributed by atoms with Crippen LogP contribution in [0.15, 0.2) is 158 Å². The molecule has 0 aromatic heterocycles. The molecule has 216 valence electrons. The SMILES string of the molecule is C(/C=C\c1ccccc1)=C/C=C/Nc1ccc2ccc3c4c(ccc1c24)CCC=3N(c1ccccc1)c1ccccc1.CC. The minimum Gasteiger partial charge on any atom is -0.361 e. The number of aryl methyl sites for hydroxylation is 1. The molecule has 0 saturated carbocycles. The van der Waals surface area contributed by atoms with E-state index in [9.17, 15) is 0 Å². The van der Waals surface area contributed by atoms with Crippen LogP contribution in [-0.2, 0) is 6.42 Å². The number of para-hydroxylation sites is 2. The average Bonchev–Trinajstić information content (AvgIpc) is 3.10. The number of rotatable bonds is 8. The first kappa shape index (κ1) is 28.8. The highest BCUT2D eigenvalue weighted by molar-refractivity contribution is 6.16. The summed E-state index contributed by atoms with van der Waals surface area (Å²) in [5.41, 5.74) is 7.46. The summed E-state index contributed by atoms with van der Waals surface area (Å²) in [6.45, 7) is 4.00. The van der Waals surface area contributed by atoms with Gasteiger partial charge in [-0.15, -0.1) is 0 Å². The molecule has 2 heteroatoms. The Morgan fingerprint density at radius 3 is 1.91 bits per heavy atom. The number of benzene rings is 6. The second kappa shape index (κ2) is 13.8. The van der Waals surface area contributed by atoms with Crippen molar-refractivity contribution in [1.82, 2.24) is 0 Å². The lowest BCUT2D eigenvalue weighted by molar-refractivity contribution is 0.973. The average molecular weight is 571 g/mol. The van der Waals surface area contributed by atoms with Crippen molar-refractivity contribution in [2.75, 3.05) is 10.2 Å². The molecule has 0 unspecified atom stereocenters. The third-order valence-electron chi connectivity index (χ3n) is 8.00. The highest BCUT2D eigenvalue weighted by Crippen LogP contribution is 2.38. The van der Waals surface area contributed by atoms with E-state index >= 15 is 0 Å². The van der Waals surface area contributed by atoms with Crippen molar-refractivity contribution in [1.29, 1.82) is 0 Å². The fourth-order valence-corrected chi connectivity index (χ4v) is 6.08. The van der Waals surface area contributed by atoms with Gasteiger partial charge >= 0.3 is 0 Å². The maximum atomic E-state index is 3.55. The molecule has 0 atom stereocenters. The summed E-state index contributed by atoms with van der Waals surface area (Å²) >= 11 is 0. The third kappa shape index (κ3) is 5.93. The lowest BCUT2D eigenvalue weighted by Gasteiger charge is -2.31. The summed E-state index contributed by atoms with van der Waals surface area (Å²) in [4.78, 5) is 2.44. The normalized spacial score (nSPS) is 12.7. The second-order valence-corrected chi connectivity index (χ2v) is 10.6. The molecule has 44 heavy (non-hydrogen) atoms. The van der Waals surface area contributed by atoms with E-state index in [0.717, 1.165) is 18.5 Å². The summed E-state index contributed by atoms with van der Waals surface area (Å²) in [5.74, 6) is 0. The Bertz CT molecular complexity index is 1950. The largest absolute Gasteiger partial charge is 0.361 e. The van der Waals surface area contributed by atoms with Gasteiger partial charge in [-0.1, -0.05) is 135 Å². The topological polar surface area (TPSA) is 15.3 Å². The highest BCUT2D eigenvalue weighted by atomic mass is 15.1. The first-order valence-corrected chi connectivity index (χ1v) is 15.6. The fourth-order valence-electron chi connectivity index (χ4n) is 6.08. The van der Waals surface area contributed by atoms with Crippen LogP contribution in [0.25, 0.3) is 33.3 Å². The van der Waals surface area contributed by atoms with E-state index in [1.807, 2.05) is 38.3 Å². The molecule has 0 radical (unpaired) electrons. The van der Waals surface area contributed by atoms with Gasteiger partial charge in [-0.2, -0.15) is 0 Å². The number of hydrogen-bond acceptors (Lipinski definition) is 2. The summed E-state index contributed by atoms with van der Waals surface area (Å²) in [5, 5.41) is 10.1. The Morgan fingerprint density at radius 1 is 0.568 bits per heavy atom. The molecular weight excluding hydrogens is 532 g/mol. The van der Waals surface area contributed by atoms with E-state index in [4.69, 9.17) is 0 Å². The van der Waals surface area contributed by atoms with Crippen molar-refractivity contribution in [3.8, 4) is 0 Å². The number of hydrogen-bond donors (Lipinski definition) is 1. The Balaban J connectivity index is 0.00000168. The van der Waals surface area contributed by atoms with E-state index in [1.165, 1.54) is 55.0 Å². The van der Waals surface area contributed by atoms with Gasteiger partial charge in [0, 0.05) is 39.6 Å². The van der Waals surface area contributed by atoms with Crippen LogP contribution in [0.3, 0.4) is 0 Å². The zero-order valence-corrected chi connectivity index (χ0v) is 25.4. The van der Waals surface area contributed by atoms with Crippen molar-refractivity contribution >= 4 is 50.4 Å². The number of nitrogens with one attached hydrogen (secondary N) is 1. The minimum absolute atomic E-state index is 0.989. The summed E-state index contributed by atoms with van der Waals surface area (Å²) < 4.78 is 0. The van der Waals surface area contributed by atoms with Crippen molar-refractivity contribution in [2.45, 2.75) is 26.7 Å². The van der Waals surface area contributed by atoms with Gasteiger partial charge in [0.1, 0.15) is 0 Å². The van der Waals surface area contributed by atoms with Gasteiger partial charge in [-0.05, 0) is 76.5 Å². The van der Waals surface area contributed by atoms with Crippen LogP contribution in [0.2, 0.25) is 0 Å². The molecule has 0 spiro atoms. The van der Waals surface area contributed by atoms with E-state index in [1.54, 1.807) is 0 Å². The Labute approximate surface area is 261 Å². The summed E-state index contributed by atoms with van der Waals surface area (Å²) in [6, 6.07) is 45.5. The molecule has 7 rings (SSSR count). The van der Waals surface area contributed by atoms with Crippen molar-refractivity contribution < 1.29 is 0 Å². The number of nitrogens with zero attached hydrogens (tertiary/aromatic N) is 1. The second-order valence-electron chi connectivity index (χ2n) is 10.6. The molecule has 1 aliphatic carbocycles. The van der Waals surface area contributed by atoms with Crippen LogP contribution < -0.4 is 15.4 Å². The van der Waals surface area contributed by atoms with Crippen LogP contribution in [0, 0.1) is 0 Å². The molecule has 0 heterocycles. The fraction of sp³-hybridized carbons (Fsp3) is 0.0952. The predicted octanol–water partition coefficient (Wildman–Crippen LogP) is 10.8. The highest BCUT2D eigenvalue weighted by Gasteiger charge is 2.22. The molecule has 2 nitrogen and oxygen atoms in total. The van der Waals surface area contributed by atoms with Crippen molar-refractivity contribution in [2.24, 2.45) is 0 Å². The third-order valence-corrected chi connectivity index (χ3v) is 8.00. The Kier molecular flexibility index (Phi) is 8.99. The molecule has 1 N–H and O–H groups in total. The van der Waals surface area contributed by atoms with Gasteiger partial charge in [0.25, 0.3) is 0 Å². The first-order chi connectivity index (χ1) is 21.9. The molecule has 6 aromatic carbocycles. The van der Waals surface area contributed by atoms with Crippen LogP contribution in [0.5, 0.6) is 0 Å². The number of anilines is 3. The Hall–Kier alpha value is -5.34. The molecule has 0 amide bonds. The smallest absolute Gasteiger partial charge is 0.0460 e. The maximum Gasteiger partial charge on any atom is 0.0460 e. The van der Waals surface area contributed by atoms with Crippen LogP contribution >= 0.6 is 0 Å². The molecule has 0 aliphatic heterocycles. The van der Waals surface area contributed by atoms with E-state index in [0.29, 0.717) is 0 Å². The van der Waals surface area contributed by atoms with Crippen LogP contribution in [0.1, 0.15) is 31.4 Å². The zero-order valence-electron chi connectivity index (χ0n) is 25.4. The first-order valence-electron chi connectivity index (χ1n) is 15.6. The molecule has 1 aliphatic rings. The molecular formula is C42H38N2. The summed E-state index contributed by atoms with van der Waals surface area (Å²) in [7, 11) is 0. The quantitative estimate of drug-likeness (QED) is 0.183. The number of allylic oxidation sites excluding steroid dienone is 4.